The van der Waals surface area contributed by atoms with Gasteiger partial charge in [0.2, 0.25) is 5.91 Å². The monoisotopic (exact) mass is 318 g/mol. The van der Waals surface area contributed by atoms with E-state index in [2.05, 4.69) is 5.32 Å². The molecule has 1 aliphatic rings. The maximum atomic E-state index is 12.1. The van der Waals surface area contributed by atoms with E-state index in [1.54, 1.807) is 41.9 Å². The summed E-state index contributed by atoms with van der Waals surface area (Å²) in [5.74, 6) is 2.28. The van der Waals surface area contributed by atoms with Gasteiger partial charge in [0.25, 0.3) is 0 Å². The molecular weight excluding hydrogens is 300 g/mol. The zero-order valence-electron chi connectivity index (χ0n) is 11.5. The fourth-order valence-corrected chi connectivity index (χ4v) is 2.93. The van der Waals surface area contributed by atoms with Crippen LogP contribution in [0.5, 0.6) is 11.5 Å². The Balaban J connectivity index is 0.00000200. The number of nitrogens with zero attached hydrogens (tertiary/aromatic N) is 1. The van der Waals surface area contributed by atoms with Crippen molar-refractivity contribution in [2.24, 2.45) is 0 Å². The lowest BCUT2D eigenvalue weighted by atomic mass is 10.2. The van der Waals surface area contributed by atoms with Crippen molar-refractivity contribution in [2.45, 2.75) is 12.6 Å². The molecule has 0 aromatic heterocycles. The van der Waals surface area contributed by atoms with E-state index in [1.165, 1.54) is 7.11 Å². The Morgan fingerprint density at radius 1 is 1.60 bits per heavy atom. The van der Waals surface area contributed by atoms with E-state index in [1.807, 2.05) is 0 Å². The molecular formula is C13H19ClN2O3S. The summed E-state index contributed by atoms with van der Waals surface area (Å²) in [6.07, 6.45) is 0. The molecule has 2 rings (SSSR count). The largest absolute Gasteiger partial charge is 0.504 e. The first-order valence-corrected chi connectivity index (χ1v) is 7.19. The average molecular weight is 319 g/mol. The maximum Gasteiger partial charge on any atom is 0.240 e. The van der Waals surface area contributed by atoms with Gasteiger partial charge in [0, 0.05) is 25.2 Å². The molecule has 0 saturated carbocycles. The fourth-order valence-electron chi connectivity index (χ4n) is 1.99. The van der Waals surface area contributed by atoms with Crippen molar-refractivity contribution in [3.05, 3.63) is 23.8 Å². The Morgan fingerprint density at radius 2 is 2.35 bits per heavy atom. The number of hydrogen-bond acceptors (Lipinski definition) is 5. The second-order valence-electron chi connectivity index (χ2n) is 4.47. The Bertz CT molecular complexity index is 467. The van der Waals surface area contributed by atoms with Gasteiger partial charge >= 0.3 is 0 Å². The lowest BCUT2D eigenvalue weighted by Gasteiger charge is -2.21. The number of carbonyl (C=O) groups is 1. The Kier molecular flexibility index (Phi) is 6.45. The minimum absolute atomic E-state index is 0. The second kappa shape index (κ2) is 7.61. The van der Waals surface area contributed by atoms with Gasteiger partial charge in [-0.1, -0.05) is 6.07 Å². The van der Waals surface area contributed by atoms with E-state index in [4.69, 9.17) is 4.74 Å². The third-order valence-electron chi connectivity index (χ3n) is 3.05. The number of phenols is 1. The molecule has 1 fully saturated rings. The molecule has 1 heterocycles. The quantitative estimate of drug-likeness (QED) is 0.879. The van der Waals surface area contributed by atoms with Crippen LogP contribution in [0.15, 0.2) is 18.2 Å². The van der Waals surface area contributed by atoms with E-state index < -0.39 is 0 Å². The summed E-state index contributed by atoms with van der Waals surface area (Å²) in [6, 6.07) is 5.03. The molecule has 1 atom stereocenters. The summed E-state index contributed by atoms with van der Waals surface area (Å²) in [7, 11) is 3.29. The van der Waals surface area contributed by atoms with Gasteiger partial charge in [-0.05, 0) is 17.7 Å². The number of carbonyl (C=O) groups excluding carboxylic acids is 1. The number of halogens is 1. The zero-order chi connectivity index (χ0) is 13.8. The molecule has 0 spiro atoms. The molecule has 7 heteroatoms. The van der Waals surface area contributed by atoms with Crippen molar-refractivity contribution in [2.75, 3.05) is 25.8 Å². The van der Waals surface area contributed by atoms with E-state index in [0.29, 0.717) is 12.3 Å². The van der Waals surface area contributed by atoms with Crippen molar-refractivity contribution in [3.8, 4) is 11.5 Å². The summed E-state index contributed by atoms with van der Waals surface area (Å²) in [5.41, 5.74) is 0.927. The Labute approximate surface area is 129 Å². The first-order valence-electron chi connectivity index (χ1n) is 6.04. The molecule has 1 aromatic rings. The molecule has 1 unspecified atom stereocenters. The summed E-state index contributed by atoms with van der Waals surface area (Å²) < 4.78 is 5.06. The highest BCUT2D eigenvalue weighted by atomic mass is 35.5. The maximum absolute atomic E-state index is 12.1. The summed E-state index contributed by atoms with van der Waals surface area (Å²) >= 11 is 1.73. The number of amides is 1. The van der Waals surface area contributed by atoms with Crippen LogP contribution in [-0.2, 0) is 11.3 Å². The number of methoxy groups -OCH3 is 1. The van der Waals surface area contributed by atoms with Crippen LogP contribution in [0.25, 0.3) is 0 Å². The minimum atomic E-state index is -0.0889. The number of aromatic hydroxyl groups is 1. The van der Waals surface area contributed by atoms with E-state index in [0.717, 1.165) is 17.2 Å². The normalized spacial score (nSPS) is 17.4. The molecule has 112 valence electrons. The van der Waals surface area contributed by atoms with Gasteiger partial charge in [0.15, 0.2) is 11.5 Å². The van der Waals surface area contributed by atoms with Crippen molar-refractivity contribution >= 4 is 30.1 Å². The highest BCUT2D eigenvalue weighted by Gasteiger charge is 2.25. The van der Waals surface area contributed by atoms with Crippen LogP contribution in [0.1, 0.15) is 5.56 Å². The number of ether oxygens (including phenoxy) is 1. The van der Waals surface area contributed by atoms with Crippen LogP contribution >= 0.6 is 24.2 Å². The Morgan fingerprint density at radius 3 is 2.95 bits per heavy atom. The number of rotatable bonds is 4. The number of benzene rings is 1. The van der Waals surface area contributed by atoms with Gasteiger partial charge in [-0.3, -0.25) is 10.1 Å². The van der Waals surface area contributed by atoms with Gasteiger partial charge < -0.3 is 14.7 Å². The van der Waals surface area contributed by atoms with Crippen molar-refractivity contribution in [3.63, 3.8) is 0 Å². The van der Waals surface area contributed by atoms with Crippen LogP contribution < -0.4 is 10.1 Å². The molecule has 20 heavy (non-hydrogen) atoms. The van der Waals surface area contributed by atoms with Crippen LogP contribution in [0, 0.1) is 0 Å². The molecule has 0 bridgehead atoms. The molecule has 5 nitrogen and oxygen atoms in total. The summed E-state index contributed by atoms with van der Waals surface area (Å²) in [4.78, 5) is 13.8. The van der Waals surface area contributed by atoms with Crippen molar-refractivity contribution < 1.29 is 14.6 Å². The van der Waals surface area contributed by atoms with Gasteiger partial charge in [-0.2, -0.15) is 0 Å². The first-order chi connectivity index (χ1) is 9.11. The molecule has 1 aliphatic heterocycles. The lowest BCUT2D eigenvalue weighted by Crippen LogP contribution is -2.42. The number of thioether (sulfide) groups is 1. The molecule has 1 aromatic carbocycles. The van der Waals surface area contributed by atoms with Crippen molar-refractivity contribution in [1.82, 2.24) is 10.2 Å². The van der Waals surface area contributed by atoms with E-state index in [9.17, 15) is 9.90 Å². The Hall–Kier alpha value is -1.11. The molecule has 2 N–H and O–H groups in total. The predicted molar refractivity (Wildman–Crippen MR) is 82.6 cm³/mol. The summed E-state index contributed by atoms with van der Waals surface area (Å²) in [6.45, 7) is 0.498. The summed E-state index contributed by atoms with van der Waals surface area (Å²) in [5, 5.41) is 12.7. The second-order valence-corrected chi connectivity index (χ2v) is 5.50. The van der Waals surface area contributed by atoms with Crippen LogP contribution in [0.4, 0.5) is 0 Å². The first kappa shape index (κ1) is 16.9. The highest BCUT2D eigenvalue weighted by molar-refractivity contribution is 7.99. The molecule has 1 saturated heterocycles. The van der Waals surface area contributed by atoms with Gasteiger partial charge in [-0.25, -0.2) is 0 Å². The average Bonchev–Trinajstić information content (AvgIpc) is 2.94. The lowest BCUT2D eigenvalue weighted by molar-refractivity contribution is -0.131. The SMILES string of the molecule is COc1cc(CN(C)C(=O)C2CSCN2)ccc1O.Cl. The number of likely N-dealkylation sites (N-methyl/N-ethyl adjacent to an activating group) is 1. The number of nitrogens with one attached hydrogen (secondary N) is 1. The van der Waals surface area contributed by atoms with Gasteiger partial charge in [0.1, 0.15) is 0 Å². The molecule has 1 amide bonds. The highest BCUT2D eigenvalue weighted by Crippen LogP contribution is 2.26. The fraction of sp³-hybridized carbons (Fsp3) is 0.462. The molecule has 0 radical (unpaired) electrons. The zero-order valence-corrected chi connectivity index (χ0v) is 13.1. The standard InChI is InChI=1S/C13H18N2O3S.ClH/c1-15(13(17)10-7-19-8-14-10)6-9-3-4-11(16)12(5-9)18-2;/h3-5,10,14,16H,6-8H2,1-2H3;1H. The van der Waals surface area contributed by atoms with Crippen LogP contribution in [-0.4, -0.2) is 47.7 Å². The van der Waals surface area contributed by atoms with E-state index >= 15 is 0 Å². The smallest absolute Gasteiger partial charge is 0.240 e. The third-order valence-corrected chi connectivity index (χ3v) is 3.99. The topological polar surface area (TPSA) is 61.8 Å². The van der Waals surface area contributed by atoms with Gasteiger partial charge in [0.05, 0.1) is 13.2 Å². The number of phenolic OH excluding ortho intramolecular Hbond substituents is 1. The van der Waals surface area contributed by atoms with Crippen LogP contribution in [0.2, 0.25) is 0 Å². The van der Waals surface area contributed by atoms with Crippen molar-refractivity contribution in [1.29, 1.82) is 0 Å². The third kappa shape index (κ3) is 3.94. The number of hydrogen-bond donors (Lipinski definition) is 2. The predicted octanol–water partition coefficient (Wildman–Crippen LogP) is 1.44. The van der Waals surface area contributed by atoms with Crippen LogP contribution in [0.3, 0.4) is 0 Å². The minimum Gasteiger partial charge on any atom is -0.504 e. The molecule has 0 aliphatic carbocycles. The van der Waals surface area contributed by atoms with Gasteiger partial charge in [-0.15, -0.1) is 24.2 Å². The van der Waals surface area contributed by atoms with E-state index in [-0.39, 0.29) is 30.1 Å².